The fourth-order valence-electron chi connectivity index (χ4n) is 1.66. The molecule has 0 radical (unpaired) electrons. The summed E-state index contributed by atoms with van der Waals surface area (Å²) in [6.45, 7) is 4.53. The van der Waals surface area contributed by atoms with Crippen LogP contribution in [0, 0.1) is 0 Å². The molecule has 0 unspecified atom stereocenters. The molecule has 0 aromatic rings. The average Bonchev–Trinajstić information content (AvgIpc) is 2.47. The zero-order chi connectivity index (χ0) is 10.9. The molecule has 0 saturated carbocycles. The molecule has 1 atom stereocenters. The van der Waals surface area contributed by atoms with E-state index >= 15 is 0 Å². The van der Waals surface area contributed by atoms with Crippen LogP contribution in [-0.2, 0) is 4.74 Å². The smallest absolute Gasteiger partial charge is 0.407 e. The number of nitrogens with one attached hydrogen (secondary N) is 2. The van der Waals surface area contributed by atoms with Crippen LogP contribution in [0.1, 0.15) is 39.0 Å². The summed E-state index contributed by atoms with van der Waals surface area (Å²) in [5.74, 6) is 0. The molecule has 88 valence electrons. The van der Waals surface area contributed by atoms with E-state index in [1.165, 1.54) is 12.8 Å². The molecule has 1 aliphatic rings. The number of carbonyl (C=O) groups excluding carboxylic acids is 1. The Kier molecular flexibility index (Phi) is 6.16. The predicted octanol–water partition coefficient (Wildman–Crippen LogP) is 1.65. The van der Waals surface area contributed by atoms with Crippen molar-refractivity contribution in [3.8, 4) is 0 Å². The molecule has 4 nitrogen and oxygen atoms in total. The number of rotatable bonds is 4. The van der Waals surface area contributed by atoms with Crippen molar-refractivity contribution >= 4 is 6.09 Å². The molecule has 0 aromatic carbocycles. The van der Waals surface area contributed by atoms with Gasteiger partial charge in [0, 0.05) is 12.6 Å². The lowest BCUT2D eigenvalue weighted by molar-refractivity contribution is 0.140. The third-order valence-electron chi connectivity index (χ3n) is 2.60. The first-order valence-electron chi connectivity index (χ1n) is 5.97. The molecular weight excluding hydrogens is 192 g/mol. The van der Waals surface area contributed by atoms with Crippen LogP contribution in [-0.4, -0.2) is 31.8 Å². The van der Waals surface area contributed by atoms with Crippen LogP contribution < -0.4 is 10.6 Å². The van der Waals surface area contributed by atoms with Gasteiger partial charge in [0.1, 0.15) is 0 Å². The second kappa shape index (κ2) is 7.51. The first-order chi connectivity index (χ1) is 7.33. The standard InChI is InChI=1S/C11H22N2O2/c1-2-3-8-15-11(14)13-10-6-4-5-7-12-9-10/h10,12H,2-9H2,1H3,(H,13,14)/t10-/m0/s1. The first-order valence-corrected chi connectivity index (χ1v) is 5.97. The molecule has 1 aliphatic heterocycles. The Balaban J connectivity index is 2.12. The quantitative estimate of drug-likeness (QED) is 0.700. The minimum atomic E-state index is -0.267. The van der Waals surface area contributed by atoms with E-state index in [0.29, 0.717) is 6.61 Å². The lowest BCUT2D eigenvalue weighted by atomic mass is 10.1. The molecular formula is C11H22N2O2. The second-order valence-electron chi connectivity index (χ2n) is 4.03. The van der Waals surface area contributed by atoms with E-state index in [2.05, 4.69) is 17.6 Å². The Morgan fingerprint density at radius 3 is 3.20 bits per heavy atom. The van der Waals surface area contributed by atoms with Crippen LogP contribution >= 0.6 is 0 Å². The van der Waals surface area contributed by atoms with Gasteiger partial charge in [-0.15, -0.1) is 0 Å². The third kappa shape index (κ3) is 5.62. The van der Waals surface area contributed by atoms with Crippen molar-refractivity contribution in [1.82, 2.24) is 10.6 Å². The van der Waals surface area contributed by atoms with Crippen LogP contribution in [0.5, 0.6) is 0 Å². The summed E-state index contributed by atoms with van der Waals surface area (Å²) in [4.78, 5) is 11.3. The van der Waals surface area contributed by atoms with Crippen LogP contribution in [0.15, 0.2) is 0 Å². The van der Waals surface area contributed by atoms with E-state index < -0.39 is 0 Å². The highest BCUT2D eigenvalue weighted by atomic mass is 16.5. The van der Waals surface area contributed by atoms with E-state index in [1.807, 2.05) is 0 Å². The van der Waals surface area contributed by atoms with Gasteiger partial charge in [0.05, 0.1) is 6.61 Å². The highest BCUT2D eigenvalue weighted by Crippen LogP contribution is 2.04. The average molecular weight is 214 g/mol. The fraction of sp³-hybridized carbons (Fsp3) is 0.909. The number of hydrogen-bond acceptors (Lipinski definition) is 3. The van der Waals surface area contributed by atoms with Gasteiger partial charge in [-0.3, -0.25) is 0 Å². The van der Waals surface area contributed by atoms with Gasteiger partial charge >= 0.3 is 6.09 Å². The van der Waals surface area contributed by atoms with Crippen molar-refractivity contribution in [2.45, 2.75) is 45.1 Å². The third-order valence-corrected chi connectivity index (χ3v) is 2.60. The fourth-order valence-corrected chi connectivity index (χ4v) is 1.66. The molecule has 0 aliphatic carbocycles. The van der Waals surface area contributed by atoms with Crippen molar-refractivity contribution in [3.05, 3.63) is 0 Å². The van der Waals surface area contributed by atoms with E-state index in [1.54, 1.807) is 0 Å². The zero-order valence-corrected chi connectivity index (χ0v) is 9.55. The van der Waals surface area contributed by atoms with Crippen molar-refractivity contribution in [1.29, 1.82) is 0 Å². The van der Waals surface area contributed by atoms with E-state index in [9.17, 15) is 4.79 Å². The van der Waals surface area contributed by atoms with Crippen LogP contribution in [0.4, 0.5) is 4.79 Å². The van der Waals surface area contributed by atoms with Crippen LogP contribution in [0.3, 0.4) is 0 Å². The molecule has 1 heterocycles. The Labute approximate surface area is 91.8 Å². The lowest BCUT2D eigenvalue weighted by Crippen LogP contribution is -2.41. The van der Waals surface area contributed by atoms with Crippen LogP contribution in [0.25, 0.3) is 0 Å². The normalized spacial score (nSPS) is 21.8. The SMILES string of the molecule is CCCCOC(=O)N[C@H]1CCCCNC1. The number of amides is 1. The number of unbranched alkanes of at least 4 members (excludes halogenated alkanes) is 1. The monoisotopic (exact) mass is 214 g/mol. The summed E-state index contributed by atoms with van der Waals surface area (Å²) >= 11 is 0. The lowest BCUT2D eigenvalue weighted by Gasteiger charge is -2.15. The summed E-state index contributed by atoms with van der Waals surface area (Å²) in [5.41, 5.74) is 0. The summed E-state index contributed by atoms with van der Waals surface area (Å²) in [6.07, 6.45) is 5.15. The highest BCUT2D eigenvalue weighted by Gasteiger charge is 2.14. The number of ether oxygens (including phenoxy) is 1. The first kappa shape index (κ1) is 12.3. The van der Waals surface area contributed by atoms with Gasteiger partial charge in [0.25, 0.3) is 0 Å². The van der Waals surface area contributed by atoms with Gasteiger partial charge in [-0.05, 0) is 25.8 Å². The molecule has 0 spiro atoms. The highest BCUT2D eigenvalue weighted by molar-refractivity contribution is 5.67. The number of carbonyl (C=O) groups is 1. The minimum Gasteiger partial charge on any atom is -0.450 e. The maximum Gasteiger partial charge on any atom is 0.407 e. The van der Waals surface area contributed by atoms with E-state index in [-0.39, 0.29) is 12.1 Å². The van der Waals surface area contributed by atoms with Gasteiger partial charge in [0.2, 0.25) is 0 Å². The molecule has 1 rings (SSSR count). The van der Waals surface area contributed by atoms with Gasteiger partial charge < -0.3 is 15.4 Å². The molecule has 2 N–H and O–H groups in total. The summed E-state index contributed by atoms with van der Waals surface area (Å²) in [5, 5.41) is 6.19. The molecule has 4 heteroatoms. The van der Waals surface area contributed by atoms with Gasteiger partial charge in [0.15, 0.2) is 0 Å². The van der Waals surface area contributed by atoms with Crippen molar-refractivity contribution < 1.29 is 9.53 Å². The van der Waals surface area contributed by atoms with Crippen molar-refractivity contribution in [2.75, 3.05) is 19.7 Å². The van der Waals surface area contributed by atoms with Gasteiger partial charge in [-0.25, -0.2) is 4.79 Å². The maximum atomic E-state index is 11.3. The Morgan fingerprint density at radius 1 is 1.53 bits per heavy atom. The van der Waals surface area contributed by atoms with E-state index in [4.69, 9.17) is 4.74 Å². The largest absolute Gasteiger partial charge is 0.450 e. The molecule has 1 fully saturated rings. The predicted molar refractivity (Wildman–Crippen MR) is 59.9 cm³/mol. The topological polar surface area (TPSA) is 50.4 Å². The zero-order valence-electron chi connectivity index (χ0n) is 9.55. The Bertz CT molecular complexity index is 177. The molecule has 0 aromatic heterocycles. The molecule has 15 heavy (non-hydrogen) atoms. The van der Waals surface area contributed by atoms with Crippen LogP contribution in [0.2, 0.25) is 0 Å². The molecule has 0 bridgehead atoms. The summed E-state index contributed by atoms with van der Waals surface area (Å²) in [7, 11) is 0. The summed E-state index contributed by atoms with van der Waals surface area (Å²) in [6, 6.07) is 0.238. The molecule has 1 saturated heterocycles. The number of alkyl carbamates (subject to hydrolysis) is 1. The van der Waals surface area contributed by atoms with Gasteiger partial charge in [-0.2, -0.15) is 0 Å². The molecule has 1 amide bonds. The second-order valence-corrected chi connectivity index (χ2v) is 4.03. The Morgan fingerprint density at radius 2 is 2.40 bits per heavy atom. The van der Waals surface area contributed by atoms with E-state index in [0.717, 1.165) is 32.4 Å². The maximum absolute atomic E-state index is 11.3. The summed E-state index contributed by atoms with van der Waals surface area (Å²) < 4.78 is 5.05. The number of hydrogen-bond donors (Lipinski definition) is 2. The Hall–Kier alpha value is -0.770. The van der Waals surface area contributed by atoms with Gasteiger partial charge in [-0.1, -0.05) is 19.8 Å². The minimum absolute atomic E-state index is 0.238. The van der Waals surface area contributed by atoms with Crippen molar-refractivity contribution in [3.63, 3.8) is 0 Å². The van der Waals surface area contributed by atoms with Crippen molar-refractivity contribution in [2.24, 2.45) is 0 Å².